The Balaban J connectivity index is 2.26. The Bertz CT molecular complexity index is 336. The predicted octanol–water partition coefficient (Wildman–Crippen LogP) is 3.15. The molecule has 1 aliphatic rings. The molecule has 0 N–H and O–H groups in total. The number of Topliss-reactive ketones (excluding diaryl/α,β-unsaturated/α-hetero) is 1. The maximum Gasteiger partial charge on any atom is 0.178 e. The van der Waals surface area contributed by atoms with Crippen LogP contribution >= 0.6 is 22.6 Å². The van der Waals surface area contributed by atoms with Crippen molar-refractivity contribution in [1.29, 1.82) is 0 Å². The molecule has 0 radical (unpaired) electrons. The highest BCUT2D eigenvalue weighted by atomic mass is 127. The van der Waals surface area contributed by atoms with Gasteiger partial charge < -0.3 is 0 Å². The van der Waals surface area contributed by atoms with Gasteiger partial charge in [0.25, 0.3) is 0 Å². The molecule has 1 nitrogen and oxygen atoms in total. The normalized spacial score (nSPS) is 18.3. The topological polar surface area (TPSA) is 17.1 Å². The van der Waals surface area contributed by atoms with E-state index >= 15 is 0 Å². The van der Waals surface area contributed by atoms with Crippen LogP contribution in [-0.4, -0.2) is 9.20 Å². The van der Waals surface area contributed by atoms with Crippen molar-refractivity contribution in [1.82, 2.24) is 0 Å². The Morgan fingerprint density at radius 1 is 1.31 bits per heavy atom. The van der Waals surface area contributed by atoms with Gasteiger partial charge in [-0.3, -0.25) is 4.79 Å². The minimum absolute atomic E-state index is 0.0625. The summed E-state index contributed by atoms with van der Waals surface area (Å²) in [6.45, 7) is 2.03. The van der Waals surface area contributed by atoms with E-state index in [1.165, 1.54) is 5.56 Å². The van der Waals surface area contributed by atoms with E-state index in [1.54, 1.807) is 0 Å². The number of aryl methyl sites for hydroxylation is 1. The molecule has 2 rings (SSSR count). The van der Waals surface area contributed by atoms with Gasteiger partial charge in [-0.25, -0.2) is 0 Å². The fourth-order valence-electron chi connectivity index (χ4n) is 1.30. The maximum absolute atomic E-state index is 11.8. The van der Waals surface area contributed by atoms with Gasteiger partial charge in [-0.2, -0.15) is 0 Å². The smallest absolute Gasteiger partial charge is 0.178 e. The summed E-state index contributed by atoms with van der Waals surface area (Å²) in [6.07, 6.45) is 2.08. The summed E-state index contributed by atoms with van der Waals surface area (Å²) in [5.74, 6) is 0.299. The van der Waals surface area contributed by atoms with Gasteiger partial charge >= 0.3 is 0 Å². The summed E-state index contributed by atoms with van der Waals surface area (Å²) in [5, 5.41) is 0. The summed E-state index contributed by atoms with van der Waals surface area (Å²) < 4.78 is -0.0625. The van der Waals surface area contributed by atoms with Crippen LogP contribution in [0.1, 0.15) is 28.8 Å². The van der Waals surface area contributed by atoms with Crippen molar-refractivity contribution < 1.29 is 4.79 Å². The predicted molar refractivity (Wildman–Crippen MR) is 61.5 cm³/mol. The van der Waals surface area contributed by atoms with Crippen molar-refractivity contribution in [3.8, 4) is 0 Å². The Morgan fingerprint density at radius 3 is 2.31 bits per heavy atom. The first-order valence-electron chi connectivity index (χ1n) is 4.42. The third-order valence-electron chi connectivity index (χ3n) is 2.41. The number of carbonyl (C=O) groups is 1. The fraction of sp³-hybridized carbons (Fsp3) is 0.364. The quantitative estimate of drug-likeness (QED) is 0.464. The molecule has 0 aromatic heterocycles. The lowest BCUT2D eigenvalue weighted by molar-refractivity contribution is 0.0986. The number of ketones is 1. The highest BCUT2D eigenvalue weighted by Crippen LogP contribution is 2.47. The summed E-state index contributed by atoms with van der Waals surface area (Å²) in [6, 6.07) is 7.85. The minimum atomic E-state index is -0.0625. The van der Waals surface area contributed by atoms with E-state index in [0.29, 0.717) is 5.78 Å². The van der Waals surface area contributed by atoms with Crippen LogP contribution in [0.2, 0.25) is 0 Å². The van der Waals surface area contributed by atoms with Crippen molar-refractivity contribution in [2.24, 2.45) is 0 Å². The highest BCUT2D eigenvalue weighted by Gasteiger charge is 2.47. The molecular weight excluding hydrogens is 275 g/mol. The molecule has 0 heterocycles. The number of hydrogen-bond donors (Lipinski definition) is 0. The van der Waals surface area contributed by atoms with Crippen molar-refractivity contribution in [2.75, 3.05) is 0 Å². The first-order valence-corrected chi connectivity index (χ1v) is 5.50. The van der Waals surface area contributed by atoms with Crippen molar-refractivity contribution >= 4 is 28.4 Å². The summed E-state index contributed by atoms with van der Waals surface area (Å²) in [5.41, 5.74) is 2.06. The molecule has 1 aliphatic carbocycles. The lowest BCUT2D eigenvalue weighted by atomic mass is 10.1. The molecule has 0 saturated heterocycles. The second kappa shape index (κ2) is 3.08. The van der Waals surface area contributed by atoms with Crippen LogP contribution in [0.15, 0.2) is 24.3 Å². The Morgan fingerprint density at radius 2 is 1.85 bits per heavy atom. The molecular formula is C11H11IO. The van der Waals surface area contributed by atoms with Gasteiger partial charge in [-0.1, -0.05) is 52.4 Å². The zero-order valence-corrected chi connectivity index (χ0v) is 9.67. The molecule has 1 saturated carbocycles. The first-order chi connectivity index (χ1) is 6.12. The van der Waals surface area contributed by atoms with Crippen molar-refractivity contribution in [2.45, 2.75) is 23.2 Å². The standard InChI is InChI=1S/C11H11IO/c1-8-2-4-9(5-3-8)10(13)11(12)6-7-11/h2-5H,6-7H2,1H3. The van der Waals surface area contributed by atoms with Gasteiger partial charge in [0, 0.05) is 5.56 Å². The monoisotopic (exact) mass is 286 g/mol. The average molecular weight is 286 g/mol. The van der Waals surface area contributed by atoms with E-state index in [0.717, 1.165) is 18.4 Å². The van der Waals surface area contributed by atoms with Crippen LogP contribution in [0.4, 0.5) is 0 Å². The molecule has 13 heavy (non-hydrogen) atoms. The Labute approximate surface area is 91.7 Å². The number of halogens is 1. The van der Waals surface area contributed by atoms with Gasteiger partial charge in [-0.05, 0) is 19.8 Å². The van der Waals surface area contributed by atoms with Crippen molar-refractivity contribution in [3.05, 3.63) is 35.4 Å². The second-order valence-corrected chi connectivity index (χ2v) is 5.73. The summed E-state index contributed by atoms with van der Waals surface area (Å²) in [4.78, 5) is 11.8. The van der Waals surface area contributed by atoms with Crippen LogP contribution in [0.3, 0.4) is 0 Å². The number of carbonyl (C=O) groups excluding carboxylic acids is 1. The fourth-order valence-corrected chi connectivity index (χ4v) is 1.88. The largest absolute Gasteiger partial charge is 0.293 e. The highest BCUT2D eigenvalue weighted by molar-refractivity contribution is 14.1. The molecule has 0 unspecified atom stereocenters. The molecule has 0 atom stereocenters. The molecule has 2 heteroatoms. The number of benzene rings is 1. The molecule has 1 aromatic carbocycles. The van der Waals surface area contributed by atoms with E-state index in [4.69, 9.17) is 0 Å². The van der Waals surface area contributed by atoms with Gasteiger partial charge in [0.05, 0.1) is 3.42 Å². The molecule has 1 fully saturated rings. The van der Waals surface area contributed by atoms with E-state index < -0.39 is 0 Å². The zero-order valence-electron chi connectivity index (χ0n) is 7.51. The number of hydrogen-bond acceptors (Lipinski definition) is 1. The van der Waals surface area contributed by atoms with Gasteiger partial charge in [-0.15, -0.1) is 0 Å². The third kappa shape index (κ3) is 1.77. The molecule has 0 spiro atoms. The molecule has 1 aromatic rings. The average Bonchev–Trinajstić information content (AvgIpc) is 2.85. The third-order valence-corrected chi connectivity index (χ3v) is 3.98. The van der Waals surface area contributed by atoms with E-state index in [2.05, 4.69) is 22.6 Å². The van der Waals surface area contributed by atoms with Crippen molar-refractivity contribution in [3.63, 3.8) is 0 Å². The summed E-state index contributed by atoms with van der Waals surface area (Å²) >= 11 is 2.28. The van der Waals surface area contributed by atoms with E-state index in [1.807, 2.05) is 31.2 Å². The summed E-state index contributed by atoms with van der Waals surface area (Å²) in [7, 11) is 0. The Hall–Kier alpha value is -0.380. The molecule has 0 bridgehead atoms. The zero-order chi connectivity index (χ0) is 9.47. The first kappa shape index (κ1) is 9.19. The van der Waals surface area contributed by atoms with Gasteiger partial charge in [0.2, 0.25) is 0 Å². The number of rotatable bonds is 2. The SMILES string of the molecule is Cc1ccc(C(=O)C2(I)CC2)cc1. The molecule has 68 valence electrons. The number of alkyl halides is 1. The van der Waals surface area contributed by atoms with Crippen LogP contribution in [0.5, 0.6) is 0 Å². The Kier molecular flexibility index (Phi) is 2.18. The lowest BCUT2D eigenvalue weighted by Crippen LogP contribution is -2.14. The van der Waals surface area contributed by atoms with Gasteiger partial charge in [0.1, 0.15) is 0 Å². The van der Waals surface area contributed by atoms with Crippen LogP contribution in [0.25, 0.3) is 0 Å². The molecule has 0 amide bonds. The minimum Gasteiger partial charge on any atom is -0.293 e. The van der Waals surface area contributed by atoms with E-state index in [-0.39, 0.29) is 3.42 Å². The second-order valence-electron chi connectivity index (χ2n) is 3.66. The van der Waals surface area contributed by atoms with Gasteiger partial charge in [0.15, 0.2) is 5.78 Å². The van der Waals surface area contributed by atoms with E-state index in [9.17, 15) is 4.79 Å². The van der Waals surface area contributed by atoms with Crippen LogP contribution in [0, 0.1) is 6.92 Å². The lowest BCUT2D eigenvalue weighted by Gasteiger charge is -2.05. The van der Waals surface area contributed by atoms with Crippen LogP contribution < -0.4 is 0 Å². The van der Waals surface area contributed by atoms with Crippen LogP contribution in [-0.2, 0) is 0 Å². The maximum atomic E-state index is 11.8. The molecule has 0 aliphatic heterocycles.